The number of amides is 1. The number of pyridine rings is 1. The molecule has 9 heteroatoms. The molecule has 0 fully saturated rings. The van der Waals surface area contributed by atoms with Crippen molar-refractivity contribution in [1.82, 2.24) is 19.7 Å². The summed E-state index contributed by atoms with van der Waals surface area (Å²) in [5.74, 6) is 2.00. The van der Waals surface area contributed by atoms with Gasteiger partial charge in [-0.3, -0.25) is 9.78 Å². The molecule has 2 N–H and O–H groups in total. The van der Waals surface area contributed by atoms with Gasteiger partial charge in [-0.1, -0.05) is 30.3 Å². The first-order valence-corrected chi connectivity index (χ1v) is 11.0. The number of hydrogen-bond acceptors (Lipinski definition) is 7. The van der Waals surface area contributed by atoms with E-state index in [1.165, 1.54) is 0 Å². The summed E-state index contributed by atoms with van der Waals surface area (Å²) in [6.45, 7) is 1.85. The van der Waals surface area contributed by atoms with E-state index in [1.807, 2.05) is 55.5 Å². The third-order valence-corrected chi connectivity index (χ3v) is 5.78. The van der Waals surface area contributed by atoms with E-state index in [4.69, 9.17) is 19.6 Å². The van der Waals surface area contributed by atoms with Crippen LogP contribution in [0.25, 0.3) is 11.4 Å². The number of anilines is 2. The lowest BCUT2D eigenvalue weighted by Gasteiger charge is -2.29. The predicted molar refractivity (Wildman–Crippen MR) is 132 cm³/mol. The van der Waals surface area contributed by atoms with Crippen LogP contribution in [0.4, 0.5) is 11.6 Å². The van der Waals surface area contributed by atoms with Gasteiger partial charge in [-0.2, -0.15) is 4.98 Å². The van der Waals surface area contributed by atoms with E-state index < -0.39 is 6.04 Å². The zero-order chi connectivity index (χ0) is 24.4. The minimum atomic E-state index is -0.627. The molecule has 0 spiro atoms. The van der Waals surface area contributed by atoms with Crippen LogP contribution >= 0.6 is 0 Å². The van der Waals surface area contributed by atoms with Crippen molar-refractivity contribution in [3.8, 4) is 22.9 Å². The second-order valence-corrected chi connectivity index (χ2v) is 7.94. The van der Waals surface area contributed by atoms with E-state index >= 15 is 0 Å². The Balaban J connectivity index is 1.67. The maximum Gasteiger partial charge on any atom is 0.255 e. The molecular formula is C26H24N6O3. The number of carbonyl (C=O) groups is 1. The molecule has 1 amide bonds. The average Bonchev–Trinajstić information content (AvgIpc) is 3.32. The van der Waals surface area contributed by atoms with E-state index in [0.717, 1.165) is 11.1 Å². The molecule has 0 saturated carbocycles. The molecule has 1 aliphatic heterocycles. The summed E-state index contributed by atoms with van der Waals surface area (Å²) in [5.41, 5.74) is 3.29. The van der Waals surface area contributed by atoms with Gasteiger partial charge in [0.05, 0.1) is 31.7 Å². The van der Waals surface area contributed by atoms with Crippen LogP contribution in [0.2, 0.25) is 0 Å². The Kier molecular flexibility index (Phi) is 5.88. The number of allylic oxidation sites excluding steroid dienone is 1. The molecule has 2 aromatic carbocycles. The highest BCUT2D eigenvalue weighted by Gasteiger charge is 2.36. The number of aromatic nitrogens is 4. The highest BCUT2D eigenvalue weighted by atomic mass is 16.5. The summed E-state index contributed by atoms with van der Waals surface area (Å²) < 4.78 is 12.9. The van der Waals surface area contributed by atoms with Gasteiger partial charge in [0.1, 0.15) is 17.5 Å². The van der Waals surface area contributed by atoms with Gasteiger partial charge < -0.3 is 20.1 Å². The van der Waals surface area contributed by atoms with Crippen molar-refractivity contribution < 1.29 is 14.3 Å². The molecule has 9 nitrogen and oxygen atoms in total. The third-order valence-electron chi connectivity index (χ3n) is 5.78. The van der Waals surface area contributed by atoms with Gasteiger partial charge in [0.15, 0.2) is 5.82 Å². The van der Waals surface area contributed by atoms with Crippen LogP contribution in [0.3, 0.4) is 0 Å². The van der Waals surface area contributed by atoms with Gasteiger partial charge in [-0.05, 0) is 37.3 Å². The number of nitrogens with one attached hydrogen (secondary N) is 2. The summed E-state index contributed by atoms with van der Waals surface area (Å²) >= 11 is 0. The van der Waals surface area contributed by atoms with Crippen LogP contribution in [0.15, 0.2) is 84.3 Å². The van der Waals surface area contributed by atoms with E-state index in [-0.39, 0.29) is 5.91 Å². The van der Waals surface area contributed by atoms with Gasteiger partial charge in [-0.15, -0.1) is 5.10 Å². The first kappa shape index (κ1) is 22.1. The number of methoxy groups -OCH3 is 2. The van der Waals surface area contributed by atoms with Gasteiger partial charge in [-0.25, -0.2) is 4.68 Å². The Hall–Kier alpha value is -4.66. The largest absolute Gasteiger partial charge is 0.497 e. The number of benzene rings is 2. The number of hydrogen-bond donors (Lipinski definition) is 2. The zero-order valence-corrected chi connectivity index (χ0v) is 19.5. The van der Waals surface area contributed by atoms with Crippen LogP contribution in [0, 0.1) is 0 Å². The Labute approximate surface area is 202 Å². The monoisotopic (exact) mass is 468 g/mol. The fraction of sp³-hybridized carbons (Fsp3) is 0.154. The van der Waals surface area contributed by atoms with Crippen LogP contribution < -0.4 is 20.1 Å². The minimum absolute atomic E-state index is 0.291. The Morgan fingerprint density at radius 1 is 1.06 bits per heavy atom. The van der Waals surface area contributed by atoms with Gasteiger partial charge in [0, 0.05) is 23.0 Å². The molecule has 0 saturated heterocycles. The molecule has 0 bridgehead atoms. The SMILES string of the molecule is COc1ccc(OC)c(C2C(C(=O)Nc3cccnc3)=C(C)Nc3nc(-c4ccccc4)nn32)c1. The summed E-state index contributed by atoms with van der Waals surface area (Å²) in [6, 6.07) is 18.1. The minimum Gasteiger partial charge on any atom is -0.497 e. The van der Waals surface area contributed by atoms with E-state index in [0.29, 0.717) is 40.2 Å². The number of carbonyl (C=O) groups excluding carboxylic acids is 1. The first-order chi connectivity index (χ1) is 17.1. The van der Waals surface area contributed by atoms with Gasteiger partial charge >= 0.3 is 0 Å². The predicted octanol–water partition coefficient (Wildman–Crippen LogP) is 4.28. The number of nitrogens with zero attached hydrogens (tertiary/aromatic N) is 4. The maximum absolute atomic E-state index is 13.6. The second kappa shape index (κ2) is 9.30. The first-order valence-electron chi connectivity index (χ1n) is 11.0. The fourth-order valence-corrected chi connectivity index (χ4v) is 4.13. The molecule has 0 aliphatic carbocycles. The topological polar surface area (TPSA) is 103 Å². The quantitative estimate of drug-likeness (QED) is 0.435. The van der Waals surface area contributed by atoms with Crippen molar-refractivity contribution in [1.29, 1.82) is 0 Å². The molecule has 4 aromatic rings. The van der Waals surface area contributed by atoms with Crippen LogP contribution in [0.5, 0.6) is 11.5 Å². The molecule has 5 rings (SSSR count). The summed E-state index contributed by atoms with van der Waals surface area (Å²) in [5, 5.41) is 11.0. The normalized spacial score (nSPS) is 14.7. The summed E-state index contributed by atoms with van der Waals surface area (Å²) in [4.78, 5) is 22.4. The summed E-state index contributed by atoms with van der Waals surface area (Å²) in [6.07, 6.45) is 3.25. The molecule has 176 valence electrons. The van der Waals surface area contributed by atoms with Crippen LogP contribution in [-0.4, -0.2) is 39.9 Å². The van der Waals surface area contributed by atoms with Crippen molar-refractivity contribution in [2.45, 2.75) is 13.0 Å². The van der Waals surface area contributed by atoms with Gasteiger partial charge in [0.2, 0.25) is 5.95 Å². The number of fused-ring (bicyclic) bond motifs is 1. The molecule has 3 heterocycles. The van der Waals surface area contributed by atoms with E-state index in [2.05, 4.69) is 15.6 Å². The van der Waals surface area contributed by atoms with Crippen molar-refractivity contribution in [3.63, 3.8) is 0 Å². The average molecular weight is 469 g/mol. The molecule has 35 heavy (non-hydrogen) atoms. The lowest BCUT2D eigenvalue weighted by Crippen LogP contribution is -2.31. The molecule has 1 atom stereocenters. The number of ether oxygens (including phenoxy) is 2. The van der Waals surface area contributed by atoms with E-state index in [9.17, 15) is 4.79 Å². The van der Waals surface area contributed by atoms with Crippen LogP contribution in [0.1, 0.15) is 18.5 Å². The zero-order valence-electron chi connectivity index (χ0n) is 19.5. The standard InChI is InChI=1S/C26H24N6O3/c1-16-22(25(33)29-18-10-7-13-27-15-18)23(20-14-19(34-2)11-12-21(20)35-3)32-26(28-16)30-24(31-32)17-8-5-4-6-9-17/h4-15,23H,1-3H3,(H,29,33)(H,28,30,31). The van der Waals surface area contributed by atoms with Crippen molar-refractivity contribution in [2.24, 2.45) is 0 Å². The Bertz CT molecular complexity index is 1400. The second-order valence-electron chi connectivity index (χ2n) is 7.94. The molecule has 1 unspecified atom stereocenters. The van der Waals surface area contributed by atoms with Crippen LogP contribution in [-0.2, 0) is 4.79 Å². The number of rotatable bonds is 6. The smallest absolute Gasteiger partial charge is 0.255 e. The Morgan fingerprint density at radius 3 is 2.60 bits per heavy atom. The highest BCUT2D eigenvalue weighted by Crippen LogP contribution is 2.41. The van der Waals surface area contributed by atoms with E-state index in [1.54, 1.807) is 43.4 Å². The molecule has 2 aromatic heterocycles. The van der Waals surface area contributed by atoms with Crippen molar-refractivity contribution >= 4 is 17.5 Å². The Morgan fingerprint density at radius 2 is 1.89 bits per heavy atom. The molecule has 1 aliphatic rings. The van der Waals surface area contributed by atoms with Crippen molar-refractivity contribution in [3.05, 3.63) is 89.9 Å². The molecule has 0 radical (unpaired) electrons. The highest BCUT2D eigenvalue weighted by molar-refractivity contribution is 6.06. The lowest BCUT2D eigenvalue weighted by molar-refractivity contribution is -0.113. The van der Waals surface area contributed by atoms with Gasteiger partial charge in [0.25, 0.3) is 5.91 Å². The lowest BCUT2D eigenvalue weighted by atomic mass is 9.94. The molecular weight excluding hydrogens is 444 g/mol. The fourth-order valence-electron chi connectivity index (χ4n) is 4.13. The summed E-state index contributed by atoms with van der Waals surface area (Å²) in [7, 11) is 3.19. The van der Waals surface area contributed by atoms with Crippen molar-refractivity contribution in [2.75, 3.05) is 24.9 Å². The maximum atomic E-state index is 13.6. The third kappa shape index (κ3) is 4.19.